The summed E-state index contributed by atoms with van der Waals surface area (Å²) < 4.78 is 0.954. The number of aliphatic hydroxyl groups excluding tert-OH is 1. The van der Waals surface area contributed by atoms with Gasteiger partial charge in [0.1, 0.15) is 12.1 Å². The zero-order chi connectivity index (χ0) is 24.6. The Morgan fingerprint density at radius 1 is 1.24 bits per heavy atom. The summed E-state index contributed by atoms with van der Waals surface area (Å²) in [5.41, 5.74) is 2.71. The predicted octanol–water partition coefficient (Wildman–Crippen LogP) is 2.79. The number of benzene rings is 1. The molecule has 1 aromatic rings. The number of carbonyl (C=O) groups excluding carboxylic acids is 3. The molecule has 4 rings (SSSR count). The molecule has 0 aromatic heterocycles. The van der Waals surface area contributed by atoms with Gasteiger partial charge in [-0.25, -0.2) is 0 Å². The molecule has 1 fully saturated rings. The molecule has 8 heteroatoms. The lowest BCUT2D eigenvalue weighted by Gasteiger charge is -2.35. The SMILES string of the molecule is CC1C=CC2=C(C1)C(=O)N([C@H](C(=O)N1C[C@H](O)C[C@H]1C(=O)NCc1ccc(Br)cc1)C(C)C)C2. The highest BCUT2D eigenvalue weighted by Crippen LogP contribution is 2.34. The van der Waals surface area contributed by atoms with Crippen LogP contribution in [-0.4, -0.2) is 63.9 Å². The van der Waals surface area contributed by atoms with Crippen molar-refractivity contribution in [2.45, 2.75) is 58.3 Å². The van der Waals surface area contributed by atoms with E-state index in [4.69, 9.17) is 0 Å². The van der Waals surface area contributed by atoms with Crippen LogP contribution >= 0.6 is 15.9 Å². The van der Waals surface area contributed by atoms with Crippen molar-refractivity contribution < 1.29 is 19.5 Å². The number of likely N-dealkylation sites (tertiary alicyclic amines) is 1. The molecular weight excluding hydrogens is 498 g/mol. The summed E-state index contributed by atoms with van der Waals surface area (Å²) in [4.78, 5) is 43.2. The Balaban J connectivity index is 1.48. The van der Waals surface area contributed by atoms with Gasteiger partial charge in [-0.2, -0.15) is 0 Å². The number of nitrogens with one attached hydrogen (secondary N) is 1. The van der Waals surface area contributed by atoms with Crippen LogP contribution in [0.4, 0.5) is 0 Å². The van der Waals surface area contributed by atoms with Crippen LogP contribution in [0.3, 0.4) is 0 Å². The van der Waals surface area contributed by atoms with E-state index in [0.717, 1.165) is 21.2 Å². The van der Waals surface area contributed by atoms with E-state index < -0.39 is 18.2 Å². The third-order valence-electron chi connectivity index (χ3n) is 6.86. The first-order valence-electron chi connectivity index (χ1n) is 11.9. The van der Waals surface area contributed by atoms with E-state index in [1.807, 2.05) is 44.2 Å². The second-order valence-electron chi connectivity index (χ2n) is 9.91. The lowest BCUT2D eigenvalue weighted by molar-refractivity contribution is -0.148. The molecule has 34 heavy (non-hydrogen) atoms. The van der Waals surface area contributed by atoms with Crippen LogP contribution in [0.5, 0.6) is 0 Å². The lowest BCUT2D eigenvalue weighted by atomic mass is 9.92. The highest BCUT2D eigenvalue weighted by molar-refractivity contribution is 9.10. The minimum absolute atomic E-state index is 0.0878. The molecule has 4 atom stereocenters. The Morgan fingerprint density at radius 2 is 1.94 bits per heavy atom. The molecule has 0 radical (unpaired) electrons. The molecule has 1 unspecified atom stereocenters. The summed E-state index contributed by atoms with van der Waals surface area (Å²) in [5, 5.41) is 13.2. The van der Waals surface area contributed by atoms with Crippen LogP contribution in [0.15, 0.2) is 52.0 Å². The molecule has 3 aliphatic rings. The molecule has 0 bridgehead atoms. The van der Waals surface area contributed by atoms with Gasteiger partial charge in [-0.1, -0.05) is 61.0 Å². The van der Waals surface area contributed by atoms with Gasteiger partial charge in [0, 0.05) is 36.1 Å². The molecule has 0 spiro atoms. The third-order valence-corrected chi connectivity index (χ3v) is 7.39. The number of carbonyl (C=O) groups is 3. The highest BCUT2D eigenvalue weighted by atomic mass is 79.9. The van der Waals surface area contributed by atoms with Gasteiger partial charge in [0.15, 0.2) is 0 Å². The molecule has 0 saturated carbocycles. The van der Waals surface area contributed by atoms with E-state index in [1.165, 1.54) is 4.90 Å². The first-order valence-corrected chi connectivity index (χ1v) is 12.7. The fourth-order valence-corrected chi connectivity index (χ4v) is 5.36. The smallest absolute Gasteiger partial charge is 0.251 e. The number of rotatable bonds is 6. The number of aliphatic hydroxyl groups is 1. The Bertz CT molecular complexity index is 1030. The summed E-state index contributed by atoms with van der Waals surface area (Å²) in [7, 11) is 0. The summed E-state index contributed by atoms with van der Waals surface area (Å²) >= 11 is 3.40. The van der Waals surface area contributed by atoms with Crippen LogP contribution < -0.4 is 5.32 Å². The first kappa shape index (κ1) is 24.7. The van der Waals surface area contributed by atoms with Gasteiger partial charge in [-0.05, 0) is 41.5 Å². The van der Waals surface area contributed by atoms with E-state index in [0.29, 0.717) is 25.4 Å². The molecule has 1 aliphatic carbocycles. The lowest BCUT2D eigenvalue weighted by Crippen LogP contribution is -2.56. The van der Waals surface area contributed by atoms with Crippen molar-refractivity contribution in [1.82, 2.24) is 15.1 Å². The second kappa shape index (κ2) is 10.0. The zero-order valence-electron chi connectivity index (χ0n) is 19.8. The maximum absolute atomic E-state index is 13.8. The fourth-order valence-electron chi connectivity index (χ4n) is 5.09. The number of hydrogen-bond acceptors (Lipinski definition) is 4. The molecule has 2 N–H and O–H groups in total. The van der Waals surface area contributed by atoms with Crippen LogP contribution in [0, 0.1) is 11.8 Å². The number of hydrogen-bond donors (Lipinski definition) is 2. The largest absolute Gasteiger partial charge is 0.391 e. The molecule has 7 nitrogen and oxygen atoms in total. The average molecular weight is 530 g/mol. The van der Waals surface area contributed by atoms with Crippen molar-refractivity contribution in [2.24, 2.45) is 11.8 Å². The van der Waals surface area contributed by atoms with Crippen LogP contribution in [-0.2, 0) is 20.9 Å². The Kier molecular flexibility index (Phi) is 7.28. The van der Waals surface area contributed by atoms with Crippen molar-refractivity contribution in [1.29, 1.82) is 0 Å². The van der Waals surface area contributed by atoms with Gasteiger partial charge in [0.25, 0.3) is 5.91 Å². The average Bonchev–Trinajstić information content (AvgIpc) is 3.33. The van der Waals surface area contributed by atoms with Gasteiger partial charge < -0.3 is 20.2 Å². The maximum Gasteiger partial charge on any atom is 0.251 e. The zero-order valence-corrected chi connectivity index (χ0v) is 21.4. The van der Waals surface area contributed by atoms with Crippen LogP contribution in [0.25, 0.3) is 0 Å². The number of β-amino-alcohol motifs (C(OH)–C–C–N with tert-alkyl or cyclic N) is 1. The van der Waals surface area contributed by atoms with E-state index >= 15 is 0 Å². The predicted molar refractivity (Wildman–Crippen MR) is 132 cm³/mol. The number of halogens is 1. The Morgan fingerprint density at radius 3 is 2.62 bits per heavy atom. The number of allylic oxidation sites excluding steroid dienone is 1. The molecule has 182 valence electrons. The minimum atomic E-state index is -0.774. The molecule has 2 heterocycles. The summed E-state index contributed by atoms with van der Waals surface area (Å²) in [5.74, 6) is -0.501. The molecule has 1 aromatic carbocycles. The molecule has 3 amide bonds. The topological polar surface area (TPSA) is 90.0 Å². The van der Waals surface area contributed by atoms with Gasteiger partial charge in [0.05, 0.1) is 6.10 Å². The van der Waals surface area contributed by atoms with Crippen LogP contribution in [0.1, 0.15) is 39.2 Å². The van der Waals surface area contributed by atoms with Gasteiger partial charge >= 0.3 is 0 Å². The molecular formula is C26H32BrN3O4. The first-order chi connectivity index (χ1) is 16.2. The Labute approximate surface area is 209 Å². The standard InChI is InChI=1S/C26H32BrN3O4/c1-15(2)23(30-13-18-7-4-16(3)10-21(18)25(30)33)26(34)29-14-20(31)11-22(29)24(32)28-12-17-5-8-19(27)9-6-17/h4-9,15-16,20,22-23,31H,10-14H2,1-3H3,(H,28,32)/t16?,20-,22+,23+/m1/s1. The van der Waals surface area contributed by atoms with Gasteiger partial charge in [-0.15, -0.1) is 0 Å². The van der Waals surface area contributed by atoms with E-state index in [1.54, 1.807) is 4.90 Å². The quantitative estimate of drug-likeness (QED) is 0.592. The normalized spacial score (nSPS) is 25.2. The van der Waals surface area contributed by atoms with Crippen LogP contribution in [0.2, 0.25) is 0 Å². The fraction of sp³-hybridized carbons (Fsp3) is 0.500. The minimum Gasteiger partial charge on any atom is -0.391 e. The number of amides is 3. The maximum atomic E-state index is 13.8. The van der Waals surface area contributed by atoms with Gasteiger partial charge in [-0.3, -0.25) is 14.4 Å². The Hall–Kier alpha value is -2.45. The van der Waals surface area contributed by atoms with E-state index in [9.17, 15) is 19.5 Å². The second-order valence-corrected chi connectivity index (χ2v) is 10.8. The van der Waals surface area contributed by atoms with Crippen molar-refractivity contribution in [3.63, 3.8) is 0 Å². The summed E-state index contributed by atoms with van der Waals surface area (Å²) in [6.07, 6.45) is 4.20. The van der Waals surface area contributed by atoms with Crippen molar-refractivity contribution in [3.8, 4) is 0 Å². The number of nitrogens with zero attached hydrogens (tertiary/aromatic N) is 2. The third kappa shape index (κ3) is 4.98. The van der Waals surface area contributed by atoms with E-state index in [2.05, 4.69) is 34.2 Å². The highest BCUT2D eigenvalue weighted by Gasteiger charge is 2.46. The summed E-state index contributed by atoms with van der Waals surface area (Å²) in [6.45, 7) is 6.74. The summed E-state index contributed by atoms with van der Waals surface area (Å²) in [6, 6.07) is 6.18. The van der Waals surface area contributed by atoms with Gasteiger partial charge in [0.2, 0.25) is 11.8 Å². The van der Waals surface area contributed by atoms with E-state index in [-0.39, 0.29) is 36.6 Å². The van der Waals surface area contributed by atoms with Crippen molar-refractivity contribution >= 4 is 33.7 Å². The van der Waals surface area contributed by atoms with Crippen molar-refractivity contribution in [2.75, 3.05) is 13.1 Å². The molecule has 2 aliphatic heterocycles. The monoisotopic (exact) mass is 529 g/mol. The van der Waals surface area contributed by atoms with Crippen molar-refractivity contribution in [3.05, 3.63) is 57.6 Å². The molecule has 1 saturated heterocycles.